The van der Waals surface area contributed by atoms with E-state index in [9.17, 15) is 18.7 Å². The van der Waals surface area contributed by atoms with Crippen molar-refractivity contribution in [2.75, 3.05) is 19.7 Å². The van der Waals surface area contributed by atoms with Gasteiger partial charge >= 0.3 is 6.55 Å². The molecule has 0 atom stereocenters. The molecule has 4 saturated carbocycles. The monoisotopic (exact) mass is 366 g/mol. The molecule has 0 radical (unpaired) electrons. The van der Waals surface area contributed by atoms with E-state index < -0.39 is 6.55 Å². The second-order valence-electron chi connectivity index (χ2n) is 8.88. The number of aliphatic hydroxyl groups excluding tert-OH is 1. The van der Waals surface area contributed by atoms with Gasteiger partial charge in [0.25, 0.3) is 5.91 Å². The number of rotatable bonds is 6. The molecular formula is C20H28F2N2O2. The van der Waals surface area contributed by atoms with Gasteiger partial charge in [0.1, 0.15) is 5.69 Å². The first kappa shape index (κ1) is 18.0. The highest BCUT2D eigenvalue weighted by atomic mass is 19.3. The third-order valence-electron chi connectivity index (χ3n) is 6.88. The van der Waals surface area contributed by atoms with Gasteiger partial charge in [0.2, 0.25) is 0 Å². The minimum absolute atomic E-state index is 0.0238. The van der Waals surface area contributed by atoms with Gasteiger partial charge in [-0.3, -0.25) is 9.36 Å². The molecule has 4 nitrogen and oxygen atoms in total. The number of alkyl halides is 2. The van der Waals surface area contributed by atoms with Crippen LogP contribution in [0.2, 0.25) is 0 Å². The average molecular weight is 366 g/mol. The standard InChI is InChI=1S/C20H28F2N2O2/c1-13-2-3-17(24(13)19(21)22)18(26)23(4-5-25)12-20-9-14-6-15(10-20)8-16(7-14)11-20/h2-3,14-16,19,25H,4-12H2,1H3. The van der Waals surface area contributed by atoms with Gasteiger partial charge in [-0.05, 0) is 80.8 Å². The van der Waals surface area contributed by atoms with Crippen LogP contribution in [-0.2, 0) is 0 Å². The molecule has 26 heavy (non-hydrogen) atoms. The quantitative estimate of drug-likeness (QED) is 0.831. The van der Waals surface area contributed by atoms with Crippen LogP contribution in [0.1, 0.15) is 61.3 Å². The van der Waals surface area contributed by atoms with E-state index in [1.165, 1.54) is 25.3 Å². The van der Waals surface area contributed by atoms with Gasteiger partial charge in [0.05, 0.1) is 6.61 Å². The first-order valence-electron chi connectivity index (χ1n) is 9.77. The van der Waals surface area contributed by atoms with Crippen LogP contribution >= 0.6 is 0 Å². The van der Waals surface area contributed by atoms with E-state index in [0.717, 1.165) is 41.6 Å². The van der Waals surface area contributed by atoms with Crippen LogP contribution < -0.4 is 0 Å². The maximum absolute atomic E-state index is 13.4. The fraction of sp³-hybridized carbons (Fsp3) is 0.750. The molecule has 1 heterocycles. The molecule has 0 unspecified atom stereocenters. The Balaban J connectivity index is 1.57. The Morgan fingerprint density at radius 3 is 2.31 bits per heavy atom. The van der Waals surface area contributed by atoms with E-state index in [4.69, 9.17) is 0 Å². The Morgan fingerprint density at radius 2 is 1.81 bits per heavy atom. The van der Waals surface area contributed by atoms with Gasteiger partial charge in [-0.25, -0.2) is 0 Å². The van der Waals surface area contributed by atoms with Crippen LogP contribution in [0.25, 0.3) is 0 Å². The first-order valence-corrected chi connectivity index (χ1v) is 9.77. The minimum atomic E-state index is -2.74. The summed E-state index contributed by atoms with van der Waals surface area (Å²) in [6.07, 6.45) is 7.39. The number of amides is 1. The molecule has 4 aliphatic rings. The molecule has 5 rings (SSSR count). The maximum atomic E-state index is 13.4. The van der Waals surface area contributed by atoms with Crippen molar-refractivity contribution in [3.8, 4) is 0 Å². The van der Waals surface area contributed by atoms with Crippen LogP contribution in [0.3, 0.4) is 0 Å². The molecule has 0 aliphatic heterocycles. The molecule has 1 amide bonds. The minimum Gasteiger partial charge on any atom is -0.395 e. The summed E-state index contributed by atoms with van der Waals surface area (Å²) in [6, 6.07) is 3.04. The fourth-order valence-electron chi connectivity index (χ4n) is 6.41. The summed E-state index contributed by atoms with van der Waals surface area (Å²) in [5, 5.41) is 9.48. The Labute approximate surface area is 153 Å². The molecular weight excluding hydrogens is 338 g/mol. The lowest BCUT2D eigenvalue weighted by atomic mass is 9.49. The zero-order valence-electron chi connectivity index (χ0n) is 15.3. The summed E-state index contributed by atoms with van der Waals surface area (Å²) >= 11 is 0. The van der Waals surface area contributed by atoms with Gasteiger partial charge in [-0.2, -0.15) is 8.78 Å². The number of aliphatic hydroxyl groups is 1. The van der Waals surface area contributed by atoms with E-state index in [2.05, 4.69) is 0 Å². The van der Waals surface area contributed by atoms with Crippen molar-refractivity contribution in [2.24, 2.45) is 23.2 Å². The average Bonchev–Trinajstić information content (AvgIpc) is 2.94. The third kappa shape index (κ3) is 3.06. The van der Waals surface area contributed by atoms with E-state index >= 15 is 0 Å². The van der Waals surface area contributed by atoms with Gasteiger partial charge in [0.15, 0.2) is 0 Å². The molecule has 4 fully saturated rings. The number of halogens is 2. The van der Waals surface area contributed by atoms with Gasteiger partial charge in [0, 0.05) is 18.8 Å². The van der Waals surface area contributed by atoms with E-state index in [1.54, 1.807) is 17.9 Å². The summed E-state index contributed by atoms with van der Waals surface area (Å²) in [5.74, 6) is 1.90. The molecule has 0 spiro atoms. The van der Waals surface area contributed by atoms with E-state index in [-0.39, 0.29) is 30.2 Å². The highest BCUT2D eigenvalue weighted by Crippen LogP contribution is 2.60. The largest absolute Gasteiger partial charge is 0.395 e. The van der Waals surface area contributed by atoms with Crippen molar-refractivity contribution in [1.29, 1.82) is 0 Å². The van der Waals surface area contributed by atoms with Gasteiger partial charge < -0.3 is 10.0 Å². The molecule has 6 heteroatoms. The molecule has 4 bridgehead atoms. The summed E-state index contributed by atoms with van der Waals surface area (Å²) in [4.78, 5) is 14.7. The topological polar surface area (TPSA) is 45.5 Å². The summed E-state index contributed by atoms with van der Waals surface area (Å²) in [5.41, 5.74) is 0.523. The predicted molar refractivity (Wildman–Crippen MR) is 94.0 cm³/mol. The number of carbonyl (C=O) groups is 1. The number of aromatic nitrogens is 1. The van der Waals surface area contributed by atoms with Crippen molar-refractivity contribution < 1.29 is 18.7 Å². The lowest BCUT2D eigenvalue weighted by molar-refractivity contribution is -0.0664. The van der Waals surface area contributed by atoms with E-state index in [1.807, 2.05) is 0 Å². The first-order chi connectivity index (χ1) is 12.4. The molecule has 1 aromatic rings. The maximum Gasteiger partial charge on any atom is 0.319 e. The summed E-state index contributed by atoms with van der Waals surface area (Å²) < 4.78 is 27.6. The van der Waals surface area contributed by atoms with Gasteiger partial charge in [-0.1, -0.05) is 0 Å². The second kappa shape index (κ2) is 6.63. The molecule has 0 aromatic carbocycles. The van der Waals surface area contributed by atoms with Crippen LogP contribution in [-0.4, -0.2) is 40.2 Å². The predicted octanol–water partition coefficient (Wildman–Crippen LogP) is 3.84. The summed E-state index contributed by atoms with van der Waals surface area (Å²) in [6.45, 7) is -0.512. The van der Waals surface area contributed by atoms with Crippen molar-refractivity contribution >= 4 is 5.91 Å². The van der Waals surface area contributed by atoms with Crippen molar-refractivity contribution in [1.82, 2.24) is 9.47 Å². The van der Waals surface area contributed by atoms with E-state index in [0.29, 0.717) is 12.2 Å². The highest BCUT2D eigenvalue weighted by molar-refractivity contribution is 5.93. The molecule has 4 aliphatic carbocycles. The Morgan fingerprint density at radius 1 is 1.23 bits per heavy atom. The van der Waals surface area contributed by atoms with Crippen molar-refractivity contribution in [3.05, 3.63) is 23.5 Å². The molecule has 1 N–H and O–H groups in total. The normalized spacial score (nSPS) is 32.4. The van der Waals surface area contributed by atoms with Crippen LogP contribution in [0.4, 0.5) is 8.78 Å². The van der Waals surface area contributed by atoms with Crippen LogP contribution in [0.5, 0.6) is 0 Å². The fourth-order valence-corrected chi connectivity index (χ4v) is 6.41. The number of hydrogen-bond acceptors (Lipinski definition) is 2. The lowest BCUT2D eigenvalue weighted by Gasteiger charge is -2.57. The zero-order chi connectivity index (χ0) is 18.5. The van der Waals surface area contributed by atoms with Gasteiger partial charge in [-0.15, -0.1) is 0 Å². The number of nitrogens with zero attached hydrogens (tertiary/aromatic N) is 2. The smallest absolute Gasteiger partial charge is 0.319 e. The summed E-state index contributed by atoms with van der Waals surface area (Å²) in [7, 11) is 0. The Bertz CT molecular complexity index is 650. The lowest BCUT2D eigenvalue weighted by Crippen LogP contribution is -2.52. The van der Waals surface area contributed by atoms with Crippen LogP contribution in [0, 0.1) is 30.1 Å². The molecule has 1 aromatic heterocycles. The van der Waals surface area contributed by atoms with Crippen molar-refractivity contribution in [3.63, 3.8) is 0 Å². The Kier molecular flexibility index (Phi) is 4.58. The highest BCUT2D eigenvalue weighted by Gasteiger charge is 2.51. The third-order valence-corrected chi connectivity index (χ3v) is 6.88. The van der Waals surface area contributed by atoms with Crippen LogP contribution in [0.15, 0.2) is 12.1 Å². The number of hydrogen-bond donors (Lipinski definition) is 1. The molecule has 0 saturated heterocycles. The zero-order valence-corrected chi connectivity index (χ0v) is 15.3. The van der Waals surface area contributed by atoms with Crippen molar-refractivity contribution in [2.45, 2.75) is 52.0 Å². The SMILES string of the molecule is Cc1ccc(C(=O)N(CCO)CC23CC4CC(CC(C4)C2)C3)n1C(F)F. The number of carbonyl (C=O) groups excluding carboxylic acids is 1. The molecule has 144 valence electrons. The Hall–Kier alpha value is -1.43. The number of aryl methyl sites for hydroxylation is 1. The second-order valence-corrected chi connectivity index (χ2v) is 8.88.